The quantitative estimate of drug-likeness (QED) is 0.230. The Bertz CT molecular complexity index is 1490. The largest absolute Gasteiger partial charge is 0.490 e. The van der Waals surface area contributed by atoms with Crippen LogP contribution in [-0.2, 0) is 11.4 Å². The Morgan fingerprint density at radius 2 is 1.98 bits per heavy atom. The van der Waals surface area contributed by atoms with Crippen molar-refractivity contribution in [1.82, 2.24) is 14.8 Å². The highest BCUT2D eigenvalue weighted by Gasteiger charge is 2.42. The molecule has 0 radical (unpaired) electrons. The number of nitrogens with zero attached hydrogens (tertiary/aromatic N) is 3. The SMILES string of the molecule is CCCSc1nc2n(n1)C(c1cc(Br)c(OCc3ccc(Cl)cc3Cl)c(OCC)c1)C1=C(CC(C)(C)CC1=O)N2. The predicted octanol–water partition coefficient (Wildman–Crippen LogP) is 8.49. The zero-order valence-electron chi connectivity index (χ0n) is 22.8. The van der Waals surface area contributed by atoms with E-state index in [0.29, 0.717) is 50.1 Å². The molecule has 3 aromatic rings. The molecule has 1 atom stereocenters. The number of fused-ring (bicyclic) bond motifs is 1. The second-order valence-corrected chi connectivity index (χ2v) is 13.4. The minimum absolute atomic E-state index is 0.111. The van der Waals surface area contributed by atoms with Crippen LogP contribution in [0.1, 0.15) is 64.1 Å². The third-order valence-electron chi connectivity index (χ3n) is 6.78. The lowest BCUT2D eigenvalue weighted by Crippen LogP contribution is -2.36. The second kappa shape index (κ2) is 12.0. The standard InChI is InChI=1S/C29H31BrCl2N4O3S/c1-5-9-40-28-34-27-33-21-13-29(3,4)14-22(37)24(21)25(36(27)35-28)17-10-19(30)26(23(11-17)38-6-2)39-15-16-7-8-18(31)12-20(16)32/h7-8,10-12,25H,5-6,9,13-15H2,1-4H3,(H,33,34,35). The van der Waals surface area contributed by atoms with Crippen molar-refractivity contribution in [2.75, 3.05) is 17.7 Å². The molecule has 1 aliphatic carbocycles. The molecule has 0 bridgehead atoms. The zero-order chi connectivity index (χ0) is 28.6. The van der Waals surface area contributed by atoms with E-state index >= 15 is 0 Å². The molecule has 0 amide bonds. The summed E-state index contributed by atoms with van der Waals surface area (Å²) in [5.41, 5.74) is 3.14. The Balaban J connectivity index is 1.57. The van der Waals surface area contributed by atoms with Crippen LogP contribution in [0.4, 0.5) is 5.95 Å². The molecule has 0 spiro atoms. The number of ketones is 1. The number of rotatable bonds is 9. The van der Waals surface area contributed by atoms with Crippen LogP contribution < -0.4 is 14.8 Å². The van der Waals surface area contributed by atoms with Gasteiger partial charge in [-0.1, -0.05) is 61.8 Å². The molecule has 0 fully saturated rings. The number of halogens is 3. The van der Waals surface area contributed by atoms with Crippen molar-refractivity contribution >= 4 is 62.6 Å². The number of thioether (sulfide) groups is 1. The molecule has 11 heteroatoms. The predicted molar refractivity (Wildman–Crippen MR) is 164 cm³/mol. The van der Waals surface area contributed by atoms with Crippen molar-refractivity contribution in [1.29, 1.82) is 0 Å². The Hall–Kier alpha value is -2.20. The van der Waals surface area contributed by atoms with Crippen LogP contribution in [0.2, 0.25) is 10.0 Å². The lowest BCUT2D eigenvalue weighted by molar-refractivity contribution is -0.118. The molecule has 0 saturated carbocycles. The molecule has 1 unspecified atom stereocenters. The number of hydrogen-bond donors (Lipinski definition) is 1. The van der Waals surface area contributed by atoms with Gasteiger partial charge >= 0.3 is 0 Å². The molecule has 1 aliphatic heterocycles. The molecule has 2 aromatic carbocycles. The number of carbonyl (C=O) groups is 1. The van der Waals surface area contributed by atoms with Crippen molar-refractivity contribution in [3.63, 3.8) is 0 Å². The van der Waals surface area contributed by atoms with Crippen molar-refractivity contribution < 1.29 is 14.3 Å². The van der Waals surface area contributed by atoms with Crippen molar-refractivity contribution in [3.8, 4) is 11.5 Å². The van der Waals surface area contributed by atoms with Gasteiger partial charge in [0.05, 0.1) is 11.1 Å². The van der Waals surface area contributed by atoms with Crippen LogP contribution in [0, 0.1) is 5.41 Å². The molecule has 40 heavy (non-hydrogen) atoms. The van der Waals surface area contributed by atoms with E-state index in [1.54, 1.807) is 23.9 Å². The van der Waals surface area contributed by atoms with E-state index in [2.05, 4.69) is 42.0 Å². The summed E-state index contributed by atoms with van der Waals surface area (Å²) in [6.45, 7) is 8.96. The lowest BCUT2D eigenvalue weighted by atomic mass is 9.73. The Morgan fingerprint density at radius 3 is 2.70 bits per heavy atom. The summed E-state index contributed by atoms with van der Waals surface area (Å²) in [5, 5.41) is 10.1. The van der Waals surface area contributed by atoms with Gasteiger partial charge in [0.2, 0.25) is 11.1 Å². The first-order valence-electron chi connectivity index (χ1n) is 13.3. The van der Waals surface area contributed by atoms with Crippen molar-refractivity contribution in [2.45, 2.75) is 64.8 Å². The van der Waals surface area contributed by atoms with Crippen LogP contribution in [0.15, 0.2) is 51.2 Å². The molecule has 2 heterocycles. The molecule has 1 N–H and O–H groups in total. The van der Waals surface area contributed by atoms with Gasteiger partial charge in [-0.15, -0.1) is 5.10 Å². The summed E-state index contributed by atoms with van der Waals surface area (Å²) >= 11 is 17.8. The van der Waals surface area contributed by atoms with E-state index in [9.17, 15) is 4.79 Å². The van der Waals surface area contributed by atoms with Crippen molar-refractivity contribution in [2.24, 2.45) is 5.41 Å². The lowest BCUT2D eigenvalue weighted by Gasteiger charge is -2.38. The molecule has 5 rings (SSSR count). The summed E-state index contributed by atoms with van der Waals surface area (Å²) < 4.78 is 14.8. The highest BCUT2D eigenvalue weighted by Crippen LogP contribution is 2.48. The first-order chi connectivity index (χ1) is 19.1. The summed E-state index contributed by atoms with van der Waals surface area (Å²) in [6, 6.07) is 8.77. The number of nitrogens with one attached hydrogen (secondary N) is 1. The van der Waals surface area contributed by atoms with E-state index in [0.717, 1.165) is 41.0 Å². The normalized spacial score (nSPS) is 17.8. The zero-order valence-corrected chi connectivity index (χ0v) is 26.7. The number of carbonyl (C=O) groups excluding carboxylic acids is 1. The molecular weight excluding hydrogens is 635 g/mol. The average Bonchev–Trinajstić information content (AvgIpc) is 3.28. The number of Topliss-reactive ketones (excluding diaryl/α,β-unsaturated/α-hetero) is 1. The number of benzene rings is 2. The summed E-state index contributed by atoms with van der Waals surface area (Å²) in [7, 11) is 0. The molecule has 7 nitrogen and oxygen atoms in total. The average molecular weight is 666 g/mol. The summed E-state index contributed by atoms with van der Waals surface area (Å²) in [5.74, 6) is 2.77. The topological polar surface area (TPSA) is 78.3 Å². The van der Waals surface area contributed by atoms with Gasteiger partial charge in [0.15, 0.2) is 17.3 Å². The van der Waals surface area contributed by atoms with Gasteiger partial charge in [0.25, 0.3) is 0 Å². The van der Waals surface area contributed by atoms with Crippen molar-refractivity contribution in [3.05, 3.63) is 67.2 Å². The van der Waals surface area contributed by atoms with Crippen LogP contribution in [0.5, 0.6) is 11.5 Å². The monoisotopic (exact) mass is 664 g/mol. The van der Waals surface area contributed by atoms with Gasteiger partial charge in [-0.05, 0) is 70.9 Å². The Morgan fingerprint density at radius 1 is 1.18 bits per heavy atom. The Labute approximate surface area is 257 Å². The summed E-state index contributed by atoms with van der Waals surface area (Å²) in [4.78, 5) is 18.4. The van der Waals surface area contributed by atoms with E-state index in [-0.39, 0.29) is 17.8 Å². The second-order valence-electron chi connectivity index (χ2n) is 10.7. The van der Waals surface area contributed by atoms with E-state index in [1.807, 2.05) is 29.8 Å². The maximum Gasteiger partial charge on any atom is 0.227 e. The first kappa shape index (κ1) is 29.3. The fraction of sp³-hybridized carbons (Fsp3) is 0.414. The minimum Gasteiger partial charge on any atom is -0.490 e. The van der Waals surface area contributed by atoms with Gasteiger partial charge in [-0.2, -0.15) is 4.98 Å². The maximum atomic E-state index is 13.6. The van der Waals surface area contributed by atoms with Crippen LogP contribution >= 0.6 is 50.9 Å². The minimum atomic E-state index is -0.450. The summed E-state index contributed by atoms with van der Waals surface area (Å²) in [6.07, 6.45) is 2.23. The maximum absolute atomic E-state index is 13.6. The van der Waals surface area contributed by atoms with E-state index in [1.165, 1.54) is 0 Å². The molecule has 212 valence electrons. The van der Waals surface area contributed by atoms with Crippen LogP contribution in [0.3, 0.4) is 0 Å². The number of hydrogen-bond acceptors (Lipinski definition) is 7. The fourth-order valence-corrected chi connectivity index (χ4v) is 6.81. The third kappa shape index (κ3) is 6.03. The molecular formula is C29H31BrCl2N4O3S. The van der Waals surface area contributed by atoms with Gasteiger partial charge in [-0.25, -0.2) is 4.68 Å². The smallest absolute Gasteiger partial charge is 0.227 e. The third-order valence-corrected chi connectivity index (χ3v) is 9.00. The van der Waals surface area contributed by atoms with Gasteiger partial charge < -0.3 is 14.8 Å². The van der Waals surface area contributed by atoms with Gasteiger partial charge in [-0.3, -0.25) is 4.79 Å². The Kier molecular flexibility index (Phi) is 8.76. The number of aromatic nitrogens is 3. The van der Waals surface area contributed by atoms with Crippen LogP contribution in [0.25, 0.3) is 0 Å². The highest BCUT2D eigenvalue weighted by molar-refractivity contribution is 9.10. The molecule has 2 aliphatic rings. The number of allylic oxidation sites excluding steroid dienone is 2. The van der Waals surface area contributed by atoms with E-state index in [4.69, 9.17) is 42.8 Å². The first-order valence-corrected chi connectivity index (χ1v) is 15.8. The van der Waals surface area contributed by atoms with Gasteiger partial charge in [0.1, 0.15) is 12.6 Å². The molecule has 0 saturated heterocycles. The highest BCUT2D eigenvalue weighted by atomic mass is 79.9. The van der Waals surface area contributed by atoms with E-state index < -0.39 is 6.04 Å². The molecule has 1 aromatic heterocycles. The number of anilines is 1. The fourth-order valence-electron chi connectivity index (χ4n) is 5.09. The van der Waals surface area contributed by atoms with Gasteiger partial charge in [0, 0.05) is 39.1 Å². The van der Waals surface area contributed by atoms with Crippen LogP contribution in [-0.4, -0.2) is 32.9 Å². The number of ether oxygens (including phenoxy) is 2.